The number of pyridine rings is 1. The maximum Gasteiger partial charge on any atom is 0.254 e. The van der Waals surface area contributed by atoms with Crippen LogP contribution in [0.1, 0.15) is 23.7 Å². The van der Waals surface area contributed by atoms with Crippen molar-refractivity contribution < 1.29 is 9.18 Å². The zero-order valence-electron chi connectivity index (χ0n) is 12.7. The largest absolute Gasteiger partial charge is 0.336 e. The van der Waals surface area contributed by atoms with Gasteiger partial charge in [0, 0.05) is 29.6 Å². The van der Waals surface area contributed by atoms with E-state index in [1.54, 1.807) is 4.90 Å². The van der Waals surface area contributed by atoms with E-state index in [-0.39, 0.29) is 41.4 Å². The van der Waals surface area contributed by atoms with Crippen LogP contribution in [0.4, 0.5) is 4.39 Å². The molecule has 2 aromatic rings. The molecule has 0 aliphatic carbocycles. The van der Waals surface area contributed by atoms with Crippen LogP contribution in [-0.2, 0) is 0 Å². The lowest BCUT2D eigenvalue weighted by Gasteiger charge is -2.22. The Morgan fingerprint density at radius 2 is 2.17 bits per heavy atom. The molecule has 0 bridgehead atoms. The Morgan fingerprint density at radius 1 is 1.43 bits per heavy atom. The summed E-state index contributed by atoms with van der Waals surface area (Å²) in [5, 5.41) is 0.424. The lowest BCUT2D eigenvalue weighted by Crippen LogP contribution is -2.35. The Balaban J connectivity index is 0.00000192. The number of hydrogen-bond acceptors (Lipinski definition) is 3. The number of likely N-dealkylation sites (tertiary alicyclic amines) is 1. The maximum atomic E-state index is 13.5. The van der Waals surface area contributed by atoms with Crippen molar-refractivity contribution in [1.82, 2.24) is 9.88 Å². The van der Waals surface area contributed by atoms with E-state index in [1.807, 2.05) is 6.92 Å². The third-order valence-corrected chi connectivity index (χ3v) is 4.29. The third-order valence-electron chi connectivity index (χ3n) is 4.29. The lowest BCUT2D eigenvalue weighted by atomic mass is 10.1. The Bertz CT molecular complexity index is 792. The van der Waals surface area contributed by atoms with Gasteiger partial charge in [0.1, 0.15) is 5.82 Å². The highest BCUT2D eigenvalue weighted by atomic mass is 35.5. The van der Waals surface area contributed by atoms with Crippen molar-refractivity contribution in [3.05, 3.63) is 46.0 Å². The van der Waals surface area contributed by atoms with Gasteiger partial charge in [-0.25, -0.2) is 4.39 Å². The van der Waals surface area contributed by atoms with E-state index in [1.165, 1.54) is 24.3 Å². The third kappa shape index (κ3) is 3.23. The molecule has 0 saturated carbocycles. The average Bonchev–Trinajstić information content (AvgIpc) is 2.87. The first-order valence-electron chi connectivity index (χ1n) is 7.33. The van der Waals surface area contributed by atoms with Crippen molar-refractivity contribution in [2.75, 3.05) is 13.1 Å². The van der Waals surface area contributed by atoms with Gasteiger partial charge in [0.25, 0.3) is 5.91 Å². The number of nitrogens with zero attached hydrogens (tertiary/aromatic N) is 1. The minimum Gasteiger partial charge on any atom is -0.336 e. The molecule has 0 radical (unpaired) electrons. The summed E-state index contributed by atoms with van der Waals surface area (Å²) in [6, 6.07) is 5.31. The zero-order chi connectivity index (χ0) is 15.9. The molecule has 2 heterocycles. The van der Waals surface area contributed by atoms with Crippen LogP contribution in [0, 0.1) is 11.7 Å². The summed E-state index contributed by atoms with van der Waals surface area (Å²) in [5.74, 6) is -0.419. The molecular weight excluding hydrogens is 321 g/mol. The second-order valence-corrected chi connectivity index (χ2v) is 5.88. The number of carbonyl (C=O) groups is 1. The quantitative estimate of drug-likeness (QED) is 0.877. The average molecular weight is 340 g/mol. The maximum absolute atomic E-state index is 13.5. The van der Waals surface area contributed by atoms with Gasteiger partial charge in [-0.15, -0.1) is 12.4 Å². The fraction of sp³-hybridized carbons (Fsp3) is 0.375. The van der Waals surface area contributed by atoms with Crippen molar-refractivity contribution in [1.29, 1.82) is 0 Å². The molecule has 1 aliphatic rings. The van der Waals surface area contributed by atoms with Gasteiger partial charge in [0.2, 0.25) is 5.56 Å². The highest BCUT2D eigenvalue weighted by Crippen LogP contribution is 2.26. The molecular formula is C16H19ClFN3O2. The molecule has 3 N–H and O–H groups in total. The number of aromatic nitrogens is 1. The number of halogens is 2. The smallest absolute Gasteiger partial charge is 0.254 e. The molecule has 5 nitrogen and oxygen atoms in total. The van der Waals surface area contributed by atoms with Crippen LogP contribution >= 0.6 is 12.4 Å². The molecule has 3 rings (SSSR count). The van der Waals surface area contributed by atoms with Crippen LogP contribution in [0.3, 0.4) is 0 Å². The number of amides is 1. The number of nitrogens with two attached hydrogens (primary N) is 1. The van der Waals surface area contributed by atoms with Crippen molar-refractivity contribution in [3.8, 4) is 0 Å². The molecule has 2 atom stereocenters. The predicted molar refractivity (Wildman–Crippen MR) is 89.4 cm³/mol. The number of H-pyrrole nitrogens is 1. The van der Waals surface area contributed by atoms with E-state index >= 15 is 0 Å². The Labute approximate surface area is 139 Å². The summed E-state index contributed by atoms with van der Waals surface area (Å²) in [6.45, 7) is 3.06. The van der Waals surface area contributed by atoms with E-state index in [0.717, 1.165) is 6.42 Å². The summed E-state index contributed by atoms with van der Waals surface area (Å²) >= 11 is 0. The van der Waals surface area contributed by atoms with Crippen molar-refractivity contribution in [2.24, 2.45) is 11.7 Å². The van der Waals surface area contributed by atoms with Crippen LogP contribution in [0.5, 0.6) is 0 Å². The second-order valence-electron chi connectivity index (χ2n) is 5.88. The summed E-state index contributed by atoms with van der Waals surface area (Å²) in [4.78, 5) is 28.9. The van der Waals surface area contributed by atoms with E-state index in [4.69, 9.17) is 5.73 Å². The number of carbonyl (C=O) groups excluding carboxylic acids is 1. The highest BCUT2D eigenvalue weighted by Gasteiger charge is 2.32. The first-order chi connectivity index (χ1) is 10.5. The van der Waals surface area contributed by atoms with E-state index in [0.29, 0.717) is 24.0 Å². The van der Waals surface area contributed by atoms with Gasteiger partial charge in [-0.3, -0.25) is 9.59 Å². The van der Waals surface area contributed by atoms with Gasteiger partial charge in [0.15, 0.2) is 0 Å². The molecule has 124 valence electrons. The lowest BCUT2D eigenvalue weighted by molar-refractivity contribution is 0.0745. The molecule has 23 heavy (non-hydrogen) atoms. The molecule has 0 spiro atoms. The highest BCUT2D eigenvalue weighted by molar-refractivity contribution is 6.06. The molecule has 1 aromatic heterocycles. The fourth-order valence-electron chi connectivity index (χ4n) is 3.15. The summed E-state index contributed by atoms with van der Waals surface area (Å²) in [6.07, 6.45) is 0.845. The molecule has 1 fully saturated rings. The number of fused-ring (bicyclic) bond motifs is 1. The van der Waals surface area contributed by atoms with Gasteiger partial charge < -0.3 is 15.6 Å². The van der Waals surface area contributed by atoms with E-state index < -0.39 is 5.82 Å². The van der Waals surface area contributed by atoms with Gasteiger partial charge >= 0.3 is 0 Å². The number of rotatable bonds is 2. The Kier molecular flexibility index (Phi) is 5.06. The van der Waals surface area contributed by atoms with Crippen LogP contribution < -0.4 is 11.3 Å². The SMILES string of the molecule is CC1CC(CN)CN1C(=O)c1cc(=O)[nH]c2ccc(F)cc12.Cl. The van der Waals surface area contributed by atoms with Crippen molar-refractivity contribution in [2.45, 2.75) is 19.4 Å². The molecule has 1 amide bonds. The van der Waals surface area contributed by atoms with E-state index in [9.17, 15) is 14.0 Å². The topological polar surface area (TPSA) is 79.2 Å². The van der Waals surface area contributed by atoms with Crippen LogP contribution in [0.2, 0.25) is 0 Å². The van der Waals surface area contributed by atoms with Gasteiger partial charge in [-0.1, -0.05) is 0 Å². The normalized spacial score (nSPS) is 20.6. The zero-order valence-corrected chi connectivity index (χ0v) is 13.5. The number of benzene rings is 1. The first-order valence-corrected chi connectivity index (χ1v) is 7.33. The fourth-order valence-corrected chi connectivity index (χ4v) is 3.15. The van der Waals surface area contributed by atoms with Crippen molar-refractivity contribution in [3.63, 3.8) is 0 Å². The van der Waals surface area contributed by atoms with Crippen LogP contribution in [-0.4, -0.2) is 34.9 Å². The monoisotopic (exact) mass is 339 g/mol. The number of aromatic amines is 1. The van der Waals surface area contributed by atoms with Gasteiger partial charge in [-0.2, -0.15) is 0 Å². The summed E-state index contributed by atoms with van der Waals surface area (Å²) < 4.78 is 13.5. The minimum absolute atomic E-state index is 0. The van der Waals surface area contributed by atoms with E-state index in [2.05, 4.69) is 4.98 Å². The Morgan fingerprint density at radius 3 is 2.83 bits per heavy atom. The molecule has 7 heteroatoms. The van der Waals surface area contributed by atoms with Gasteiger partial charge in [0.05, 0.1) is 5.56 Å². The molecule has 1 saturated heterocycles. The Hall–Kier alpha value is -1.92. The van der Waals surface area contributed by atoms with Crippen molar-refractivity contribution >= 4 is 29.2 Å². The second kappa shape index (κ2) is 6.68. The summed E-state index contributed by atoms with van der Waals surface area (Å²) in [7, 11) is 0. The molecule has 2 unspecified atom stereocenters. The number of nitrogens with one attached hydrogen (secondary N) is 1. The first kappa shape index (κ1) is 17.4. The van der Waals surface area contributed by atoms with Gasteiger partial charge in [-0.05, 0) is 44.0 Å². The molecule has 1 aromatic carbocycles. The predicted octanol–water partition coefficient (Wildman–Crippen LogP) is 1.90. The minimum atomic E-state index is -0.442. The summed E-state index contributed by atoms with van der Waals surface area (Å²) in [5.41, 5.74) is 6.01. The van der Waals surface area contributed by atoms with Crippen LogP contribution in [0.15, 0.2) is 29.1 Å². The number of hydrogen-bond donors (Lipinski definition) is 2. The standard InChI is InChI=1S/C16H18FN3O2.ClH/c1-9-4-10(7-18)8-20(9)16(22)13-6-15(21)19-14-3-2-11(17)5-12(13)14;/h2-3,5-6,9-10H,4,7-8,18H2,1H3,(H,19,21);1H. The molecule has 1 aliphatic heterocycles. The van der Waals surface area contributed by atoms with Crippen LogP contribution in [0.25, 0.3) is 10.9 Å².